The SMILES string of the molecule is CCc1cc2nc3c(c(=O)n2[nH]1)CN(CC1CN(C(=O)OC(C)(C)C)C1)C3=O. The van der Waals surface area contributed by atoms with Crippen LogP contribution in [0.15, 0.2) is 10.9 Å². The van der Waals surface area contributed by atoms with Crippen LogP contribution < -0.4 is 5.56 Å². The summed E-state index contributed by atoms with van der Waals surface area (Å²) in [6.45, 7) is 9.31. The zero-order valence-corrected chi connectivity index (χ0v) is 16.6. The molecule has 0 atom stereocenters. The van der Waals surface area contributed by atoms with Crippen molar-refractivity contribution in [2.45, 2.75) is 46.3 Å². The number of H-pyrrole nitrogens is 1. The van der Waals surface area contributed by atoms with Gasteiger partial charge in [0.25, 0.3) is 11.5 Å². The van der Waals surface area contributed by atoms with Crippen LogP contribution in [0.3, 0.4) is 0 Å². The number of nitrogens with zero attached hydrogens (tertiary/aromatic N) is 4. The molecule has 2 amide bonds. The summed E-state index contributed by atoms with van der Waals surface area (Å²) in [5, 5.41) is 3.03. The van der Waals surface area contributed by atoms with Crippen molar-refractivity contribution in [1.29, 1.82) is 0 Å². The van der Waals surface area contributed by atoms with E-state index in [1.807, 2.05) is 27.7 Å². The highest BCUT2D eigenvalue weighted by Gasteiger charge is 2.39. The van der Waals surface area contributed by atoms with Gasteiger partial charge in [0.05, 0.1) is 12.1 Å². The molecule has 0 aromatic carbocycles. The number of carbonyl (C=O) groups is 2. The van der Waals surface area contributed by atoms with E-state index in [0.29, 0.717) is 30.8 Å². The number of aryl methyl sites for hydroxylation is 1. The summed E-state index contributed by atoms with van der Waals surface area (Å²) in [5.74, 6) is -0.0466. The average molecular weight is 387 g/mol. The molecule has 0 unspecified atom stereocenters. The fourth-order valence-corrected chi connectivity index (χ4v) is 3.64. The molecule has 0 aliphatic carbocycles. The Morgan fingerprint density at radius 1 is 1.32 bits per heavy atom. The van der Waals surface area contributed by atoms with Crippen LogP contribution in [0.5, 0.6) is 0 Å². The Labute approximate surface area is 162 Å². The highest BCUT2D eigenvalue weighted by atomic mass is 16.6. The topological polar surface area (TPSA) is 100 Å². The maximum atomic E-state index is 12.7. The summed E-state index contributed by atoms with van der Waals surface area (Å²) < 4.78 is 6.76. The number of amides is 2. The maximum absolute atomic E-state index is 12.7. The van der Waals surface area contributed by atoms with Gasteiger partial charge in [-0.1, -0.05) is 6.92 Å². The Bertz CT molecular complexity index is 1010. The lowest BCUT2D eigenvalue weighted by Gasteiger charge is -2.41. The standard InChI is InChI=1S/C19H25N5O4/c1-5-12-6-14-20-15-13(16(25)24(14)21-12)10-22(17(15)26)7-11-8-23(9-11)18(27)28-19(2,3)4/h6,11,21H,5,7-10H2,1-4H3. The predicted octanol–water partition coefficient (Wildman–Crippen LogP) is 1.41. The molecule has 9 heteroatoms. The molecule has 28 heavy (non-hydrogen) atoms. The minimum Gasteiger partial charge on any atom is -0.444 e. The molecule has 1 fully saturated rings. The van der Waals surface area contributed by atoms with Crippen LogP contribution >= 0.6 is 0 Å². The van der Waals surface area contributed by atoms with E-state index in [9.17, 15) is 14.4 Å². The Hall–Kier alpha value is -2.84. The van der Waals surface area contributed by atoms with E-state index in [2.05, 4.69) is 10.1 Å². The van der Waals surface area contributed by atoms with E-state index in [1.165, 1.54) is 4.52 Å². The molecule has 1 saturated heterocycles. The van der Waals surface area contributed by atoms with Crippen LogP contribution in [0.1, 0.15) is 49.4 Å². The van der Waals surface area contributed by atoms with E-state index in [1.54, 1.807) is 15.9 Å². The van der Waals surface area contributed by atoms with Gasteiger partial charge < -0.3 is 14.5 Å². The number of carbonyl (C=O) groups excluding carboxylic acids is 2. The number of likely N-dealkylation sites (tertiary alicyclic amines) is 1. The van der Waals surface area contributed by atoms with E-state index >= 15 is 0 Å². The number of hydrogen-bond acceptors (Lipinski definition) is 5. The van der Waals surface area contributed by atoms with Gasteiger partial charge in [-0.3, -0.25) is 14.7 Å². The lowest BCUT2D eigenvalue weighted by molar-refractivity contribution is -0.00542. The number of hydrogen-bond donors (Lipinski definition) is 1. The third kappa shape index (κ3) is 3.14. The predicted molar refractivity (Wildman–Crippen MR) is 101 cm³/mol. The minimum atomic E-state index is -0.525. The van der Waals surface area contributed by atoms with E-state index in [-0.39, 0.29) is 35.7 Å². The molecule has 2 aromatic heterocycles. The summed E-state index contributed by atoms with van der Waals surface area (Å²) in [5.41, 5.74) is 1.29. The largest absolute Gasteiger partial charge is 0.444 e. The van der Waals surface area contributed by atoms with Crippen LogP contribution in [0.25, 0.3) is 5.65 Å². The molecule has 2 aliphatic heterocycles. The molecule has 0 saturated carbocycles. The van der Waals surface area contributed by atoms with Gasteiger partial charge in [0.2, 0.25) is 0 Å². The van der Waals surface area contributed by atoms with Gasteiger partial charge in [0.1, 0.15) is 11.3 Å². The second kappa shape index (κ2) is 6.35. The van der Waals surface area contributed by atoms with Gasteiger partial charge >= 0.3 is 6.09 Å². The van der Waals surface area contributed by atoms with Crippen molar-refractivity contribution in [2.75, 3.05) is 19.6 Å². The van der Waals surface area contributed by atoms with E-state index in [0.717, 1.165) is 12.1 Å². The van der Waals surface area contributed by atoms with Crippen LogP contribution in [-0.4, -0.2) is 61.6 Å². The average Bonchev–Trinajstić information content (AvgIpc) is 3.12. The van der Waals surface area contributed by atoms with Gasteiger partial charge in [-0.2, -0.15) is 0 Å². The smallest absolute Gasteiger partial charge is 0.410 e. The van der Waals surface area contributed by atoms with Crippen molar-refractivity contribution in [2.24, 2.45) is 5.92 Å². The maximum Gasteiger partial charge on any atom is 0.410 e. The second-order valence-electron chi connectivity index (χ2n) is 8.51. The molecule has 2 aliphatic rings. The minimum absolute atomic E-state index is 0.171. The van der Waals surface area contributed by atoms with Gasteiger partial charge in [0, 0.05) is 37.3 Å². The normalized spacial score (nSPS) is 17.2. The first-order valence-electron chi connectivity index (χ1n) is 9.57. The lowest BCUT2D eigenvalue weighted by Crippen LogP contribution is -2.54. The number of aromatic amines is 1. The fourth-order valence-electron chi connectivity index (χ4n) is 3.64. The van der Waals surface area contributed by atoms with Gasteiger partial charge in [0.15, 0.2) is 5.65 Å². The van der Waals surface area contributed by atoms with Gasteiger partial charge in [-0.25, -0.2) is 14.3 Å². The molecule has 4 rings (SSSR count). The second-order valence-corrected chi connectivity index (χ2v) is 8.51. The zero-order valence-electron chi connectivity index (χ0n) is 16.6. The summed E-state index contributed by atoms with van der Waals surface area (Å²) in [6, 6.07) is 1.79. The quantitative estimate of drug-likeness (QED) is 0.858. The lowest BCUT2D eigenvalue weighted by atomic mass is 10.0. The van der Waals surface area contributed by atoms with Gasteiger partial charge in [-0.05, 0) is 27.2 Å². The molecule has 0 spiro atoms. The first kappa shape index (κ1) is 18.5. The van der Waals surface area contributed by atoms with Crippen LogP contribution in [-0.2, 0) is 17.7 Å². The third-order valence-electron chi connectivity index (χ3n) is 5.07. The van der Waals surface area contributed by atoms with Crippen molar-refractivity contribution in [3.63, 3.8) is 0 Å². The number of ether oxygens (including phenoxy) is 1. The zero-order chi connectivity index (χ0) is 20.2. The molecule has 4 heterocycles. The number of nitrogens with one attached hydrogen (secondary N) is 1. The Morgan fingerprint density at radius 3 is 2.68 bits per heavy atom. The van der Waals surface area contributed by atoms with Crippen molar-refractivity contribution in [1.82, 2.24) is 24.4 Å². The molecular weight excluding hydrogens is 362 g/mol. The molecule has 150 valence electrons. The van der Waals surface area contributed by atoms with Crippen LogP contribution in [0.4, 0.5) is 4.79 Å². The number of fused-ring (bicyclic) bond motifs is 2. The first-order valence-corrected chi connectivity index (χ1v) is 9.57. The van der Waals surface area contributed by atoms with Crippen LogP contribution in [0, 0.1) is 5.92 Å². The molecule has 0 bridgehead atoms. The van der Waals surface area contributed by atoms with E-state index in [4.69, 9.17) is 4.74 Å². The Kier molecular flexibility index (Phi) is 4.20. The van der Waals surface area contributed by atoms with Crippen molar-refractivity contribution < 1.29 is 14.3 Å². The Balaban J connectivity index is 1.43. The summed E-state index contributed by atoms with van der Waals surface area (Å²) in [6.07, 6.45) is 0.421. The molecule has 9 nitrogen and oxygen atoms in total. The van der Waals surface area contributed by atoms with Gasteiger partial charge in [-0.15, -0.1) is 0 Å². The number of aromatic nitrogens is 3. The summed E-state index contributed by atoms with van der Waals surface area (Å²) in [7, 11) is 0. The third-order valence-corrected chi connectivity index (χ3v) is 5.07. The monoisotopic (exact) mass is 387 g/mol. The van der Waals surface area contributed by atoms with Crippen molar-refractivity contribution in [3.05, 3.63) is 33.4 Å². The van der Waals surface area contributed by atoms with E-state index < -0.39 is 5.60 Å². The Morgan fingerprint density at radius 2 is 2.04 bits per heavy atom. The highest BCUT2D eigenvalue weighted by molar-refractivity contribution is 5.96. The molecular formula is C19H25N5O4. The fraction of sp³-hybridized carbons (Fsp3) is 0.579. The highest BCUT2D eigenvalue weighted by Crippen LogP contribution is 2.25. The molecule has 0 radical (unpaired) electrons. The van der Waals surface area contributed by atoms with Crippen molar-refractivity contribution >= 4 is 17.6 Å². The molecule has 1 N–H and O–H groups in total. The molecule has 2 aromatic rings. The van der Waals surface area contributed by atoms with Crippen LogP contribution in [0.2, 0.25) is 0 Å². The summed E-state index contributed by atoms with van der Waals surface area (Å²) >= 11 is 0. The first-order chi connectivity index (χ1) is 13.2. The van der Waals surface area contributed by atoms with Crippen molar-refractivity contribution in [3.8, 4) is 0 Å². The number of rotatable bonds is 3. The summed E-state index contributed by atoms with van der Waals surface area (Å²) in [4.78, 5) is 45.2.